The minimum Gasteiger partial charge on any atom is -0.493 e. The van der Waals surface area contributed by atoms with Crippen LogP contribution >= 0.6 is 15.9 Å². The summed E-state index contributed by atoms with van der Waals surface area (Å²) in [4.78, 5) is 0. The van der Waals surface area contributed by atoms with E-state index in [9.17, 15) is 0 Å². The van der Waals surface area contributed by atoms with Gasteiger partial charge in [0, 0.05) is 10.9 Å². The van der Waals surface area contributed by atoms with Gasteiger partial charge in [0.05, 0.1) is 6.61 Å². The number of hydrogen-bond donors (Lipinski definition) is 1. The van der Waals surface area contributed by atoms with E-state index in [-0.39, 0.29) is 0 Å². The molecule has 0 saturated carbocycles. The van der Waals surface area contributed by atoms with Gasteiger partial charge in [-0.25, -0.2) is 0 Å². The fraction of sp³-hybridized carbons (Fsp3) is 0.500. The molecule has 0 fully saturated rings. The van der Waals surface area contributed by atoms with E-state index in [1.807, 2.05) is 0 Å². The lowest BCUT2D eigenvalue weighted by atomic mass is 10.0. The summed E-state index contributed by atoms with van der Waals surface area (Å²) in [6.07, 6.45) is 5.43. The van der Waals surface area contributed by atoms with E-state index in [1.54, 1.807) is 0 Å². The van der Waals surface area contributed by atoms with Gasteiger partial charge in [0.15, 0.2) is 0 Å². The van der Waals surface area contributed by atoms with Crippen molar-refractivity contribution in [2.24, 2.45) is 0 Å². The maximum absolute atomic E-state index is 5.77. The highest BCUT2D eigenvalue weighted by Crippen LogP contribution is 2.34. The maximum Gasteiger partial charge on any atom is 0.126 e. The third-order valence-electron chi connectivity index (χ3n) is 3.36. The van der Waals surface area contributed by atoms with Crippen molar-refractivity contribution >= 4 is 15.9 Å². The summed E-state index contributed by atoms with van der Waals surface area (Å²) in [5.74, 6) is 1.11. The van der Waals surface area contributed by atoms with Crippen LogP contribution in [-0.2, 0) is 12.8 Å². The second-order valence-corrected chi connectivity index (χ2v) is 5.94. The van der Waals surface area contributed by atoms with Gasteiger partial charge in [0.25, 0.3) is 0 Å². The highest BCUT2D eigenvalue weighted by atomic mass is 79.9. The molecule has 0 atom stereocenters. The van der Waals surface area contributed by atoms with Gasteiger partial charge in [-0.15, -0.1) is 0 Å². The van der Waals surface area contributed by atoms with Crippen LogP contribution in [0, 0.1) is 0 Å². The van der Waals surface area contributed by atoms with E-state index in [1.165, 1.54) is 16.7 Å². The maximum atomic E-state index is 5.77. The van der Waals surface area contributed by atoms with E-state index in [0.717, 1.165) is 49.2 Å². The molecule has 104 valence electrons. The summed E-state index contributed by atoms with van der Waals surface area (Å²) in [6, 6.07) is 4.36. The van der Waals surface area contributed by atoms with Gasteiger partial charge in [-0.2, -0.15) is 0 Å². The molecule has 2 nitrogen and oxygen atoms in total. The number of benzene rings is 1. The number of rotatable bonds is 6. The Kier molecular flexibility index (Phi) is 5.46. The Morgan fingerprint density at radius 3 is 3.11 bits per heavy atom. The second kappa shape index (κ2) is 7.11. The van der Waals surface area contributed by atoms with Crippen LogP contribution in [0.1, 0.15) is 31.4 Å². The quantitative estimate of drug-likeness (QED) is 0.633. The summed E-state index contributed by atoms with van der Waals surface area (Å²) < 4.78 is 6.93. The molecule has 1 aliphatic rings. The Bertz CT molecular complexity index is 468. The monoisotopic (exact) mass is 323 g/mol. The van der Waals surface area contributed by atoms with Crippen LogP contribution in [0.2, 0.25) is 0 Å². The van der Waals surface area contributed by atoms with Crippen molar-refractivity contribution in [1.29, 1.82) is 0 Å². The molecule has 19 heavy (non-hydrogen) atoms. The molecular weight excluding hydrogens is 302 g/mol. The van der Waals surface area contributed by atoms with Crippen LogP contribution in [0.3, 0.4) is 0 Å². The number of nitrogens with one attached hydrogen (secondary N) is 1. The number of halogens is 1. The van der Waals surface area contributed by atoms with Gasteiger partial charge in [-0.3, -0.25) is 0 Å². The molecule has 0 amide bonds. The lowest BCUT2D eigenvalue weighted by Gasteiger charge is -2.09. The number of fused-ring (bicyclic) bond motifs is 1. The second-order valence-electron chi connectivity index (χ2n) is 5.02. The average Bonchev–Trinajstić information content (AvgIpc) is 2.82. The van der Waals surface area contributed by atoms with Crippen molar-refractivity contribution in [3.05, 3.63) is 39.4 Å². The summed E-state index contributed by atoms with van der Waals surface area (Å²) in [6.45, 7) is 7.26. The molecule has 1 aromatic rings. The van der Waals surface area contributed by atoms with Gasteiger partial charge in [-0.05, 0) is 56.1 Å². The van der Waals surface area contributed by atoms with E-state index in [4.69, 9.17) is 4.74 Å². The fourth-order valence-electron chi connectivity index (χ4n) is 2.45. The van der Waals surface area contributed by atoms with Crippen molar-refractivity contribution in [2.75, 3.05) is 19.7 Å². The first-order valence-corrected chi connectivity index (χ1v) is 7.80. The zero-order valence-corrected chi connectivity index (χ0v) is 13.3. The predicted molar refractivity (Wildman–Crippen MR) is 84.0 cm³/mol. The first kappa shape index (κ1) is 14.6. The Hall–Kier alpha value is -0.800. The molecule has 0 saturated heterocycles. The third kappa shape index (κ3) is 4.08. The normalized spacial score (nSPS) is 14.4. The number of allylic oxidation sites excluding steroid dienone is 1. The fourth-order valence-corrected chi connectivity index (χ4v) is 3.00. The Labute approximate surface area is 124 Å². The lowest BCUT2D eigenvalue weighted by molar-refractivity contribution is 0.354. The standard InChI is InChI=1S/C16H22BrNO/c1-3-18-7-4-5-12(2)9-14-11-15(17)10-13-6-8-19-16(13)14/h5,10-11,18H,3-4,6-9H2,1-2H3/b12-5-. The smallest absolute Gasteiger partial charge is 0.126 e. The molecule has 3 heteroatoms. The summed E-state index contributed by atoms with van der Waals surface area (Å²) >= 11 is 3.59. The van der Waals surface area contributed by atoms with Crippen molar-refractivity contribution in [1.82, 2.24) is 5.32 Å². The zero-order chi connectivity index (χ0) is 13.7. The van der Waals surface area contributed by atoms with Crippen molar-refractivity contribution in [3.8, 4) is 5.75 Å². The highest BCUT2D eigenvalue weighted by Gasteiger charge is 2.17. The van der Waals surface area contributed by atoms with Gasteiger partial charge >= 0.3 is 0 Å². The van der Waals surface area contributed by atoms with Crippen molar-refractivity contribution in [3.63, 3.8) is 0 Å². The number of hydrogen-bond acceptors (Lipinski definition) is 2. The molecule has 0 unspecified atom stereocenters. The molecule has 1 N–H and O–H groups in total. The molecule has 0 aromatic heterocycles. The molecule has 1 aliphatic heterocycles. The third-order valence-corrected chi connectivity index (χ3v) is 3.82. The van der Waals surface area contributed by atoms with Crippen LogP contribution in [0.15, 0.2) is 28.3 Å². The van der Waals surface area contributed by atoms with Crippen LogP contribution in [0.5, 0.6) is 5.75 Å². The molecule has 0 bridgehead atoms. The Morgan fingerprint density at radius 2 is 2.32 bits per heavy atom. The van der Waals surface area contributed by atoms with Gasteiger partial charge in [-0.1, -0.05) is 34.5 Å². The first-order valence-electron chi connectivity index (χ1n) is 7.01. The summed E-state index contributed by atoms with van der Waals surface area (Å²) in [5, 5.41) is 3.34. The Balaban J connectivity index is 2.03. The van der Waals surface area contributed by atoms with E-state index < -0.39 is 0 Å². The van der Waals surface area contributed by atoms with Crippen LogP contribution < -0.4 is 10.1 Å². The molecule has 1 aromatic carbocycles. The molecular formula is C16H22BrNO. The van der Waals surface area contributed by atoms with Gasteiger partial charge in [0.1, 0.15) is 5.75 Å². The van der Waals surface area contributed by atoms with Crippen LogP contribution in [-0.4, -0.2) is 19.7 Å². The highest BCUT2D eigenvalue weighted by molar-refractivity contribution is 9.10. The SMILES string of the molecule is CCNCC/C=C(/C)Cc1cc(Br)cc2c1OCC2. The summed E-state index contributed by atoms with van der Waals surface area (Å²) in [7, 11) is 0. The summed E-state index contributed by atoms with van der Waals surface area (Å²) in [5.41, 5.74) is 4.05. The molecule has 0 radical (unpaired) electrons. The van der Waals surface area contributed by atoms with Crippen LogP contribution in [0.25, 0.3) is 0 Å². The van der Waals surface area contributed by atoms with E-state index in [0.29, 0.717) is 0 Å². The average molecular weight is 324 g/mol. The zero-order valence-electron chi connectivity index (χ0n) is 11.8. The molecule has 1 heterocycles. The van der Waals surface area contributed by atoms with Crippen molar-refractivity contribution in [2.45, 2.75) is 33.1 Å². The number of ether oxygens (including phenoxy) is 1. The minimum atomic E-state index is 0.821. The predicted octanol–water partition coefficient (Wildman–Crippen LogP) is 3.87. The van der Waals surface area contributed by atoms with Crippen LogP contribution in [0.4, 0.5) is 0 Å². The minimum absolute atomic E-state index is 0.821. The van der Waals surface area contributed by atoms with Gasteiger partial charge < -0.3 is 10.1 Å². The first-order chi connectivity index (χ1) is 9.20. The largest absolute Gasteiger partial charge is 0.493 e. The van der Waals surface area contributed by atoms with Gasteiger partial charge in [0.2, 0.25) is 0 Å². The Morgan fingerprint density at radius 1 is 1.47 bits per heavy atom. The molecule has 0 aliphatic carbocycles. The van der Waals surface area contributed by atoms with E-state index >= 15 is 0 Å². The van der Waals surface area contributed by atoms with E-state index in [2.05, 4.69) is 53.3 Å². The van der Waals surface area contributed by atoms with Crippen molar-refractivity contribution < 1.29 is 4.74 Å². The topological polar surface area (TPSA) is 21.3 Å². The lowest BCUT2D eigenvalue weighted by Crippen LogP contribution is -2.13. The molecule has 2 rings (SSSR count). The molecule has 0 spiro atoms.